The van der Waals surface area contributed by atoms with Crippen LogP contribution in [0.1, 0.15) is 11.4 Å². The third-order valence-corrected chi connectivity index (χ3v) is 3.58. The first kappa shape index (κ1) is 16.8. The Bertz CT molecular complexity index is 919. The van der Waals surface area contributed by atoms with Crippen molar-refractivity contribution in [2.75, 3.05) is 12.4 Å². The molecule has 2 N–H and O–H groups in total. The van der Waals surface area contributed by atoms with Crippen molar-refractivity contribution in [3.8, 4) is 5.75 Å². The summed E-state index contributed by atoms with van der Waals surface area (Å²) in [5.74, 6) is -0.782. The van der Waals surface area contributed by atoms with Gasteiger partial charge in [0.15, 0.2) is 0 Å². The molecule has 25 heavy (non-hydrogen) atoms. The number of hydrogen-bond donors (Lipinski definition) is 2. The van der Waals surface area contributed by atoms with E-state index < -0.39 is 12.0 Å². The zero-order valence-corrected chi connectivity index (χ0v) is 13.1. The number of benzene rings is 2. The van der Waals surface area contributed by atoms with Crippen molar-refractivity contribution in [2.24, 2.45) is 0 Å². The van der Waals surface area contributed by atoms with Crippen molar-refractivity contribution >= 4 is 22.6 Å². The van der Waals surface area contributed by atoms with Gasteiger partial charge < -0.3 is 15.0 Å². The second-order valence-electron chi connectivity index (χ2n) is 5.35. The van der Waals surface area contributed by atoms with Gasteiger partial charge in [-0.05, 0) is 24.3 Å². The molecule has 0 aliphatic carbocycles. The van der Waals surface area contributed by atoms with Crippen molar-refractivity contribution in [2.45, 2.75) is 12.6 Å². The number of imidazole rings is 1. The molecule has 5 nitrogen and oxygen atoms in total. The molecule has 2 aromatic carbocycles. The fourth-order valence-corrected chi connectivity index (χ4v) is 2.45. The van der Waals surface area contributed by atoms with Gasteiger partial charge in [-0.25, -0.2) is 4.98 Å². The van der Waals surface area contributed by atoms with E-state index in [1.54, 1.807) is 24.3 Å². The van der Waals surface area contributed by atoms with Gasteiger partial charge in [-0.2, -0.15) is 13.2 Å². The van der Waals surface area contributed by atoms with Crippen LogP contribution in [0.2, 0.25) is 0 Å². The highest BCUT2D eigenvalue weighted by Crippen LogP contribution is 2.29. The molecule has 0 unspecified atom stereocenters. The number of nitrogens with zero attached hydrogens (tertiary/aromatic N) is 1. The number of rotatable bonds is 4. The average molecular weight is 349 g/mol. The van der Waals surface area contributed by atoms with Gasteiger partial charge in [0.25, 0.3) is 0 Å². The lowest BCUT2D eigenvalue weighted by Crippen LogP contribution is -2.14. The molecule has 130 valence electrons. The van der Waals surface area contributed by atoms with E-state index in [9.17, 15) is 18.0 Å². The first-order valence-corrected chi connectivity index (χ1v) is 7.35. The number of H-pyrrole nitrogens is 1. The number of amides is 1. The van der Waals surface area contributed by atoms with E-state index in [2.05, 4.69) is 15.3 Å². The molecule has 3 rings (SSSR count). The van der Waals surface area contributed by atoms with Gasteiger partial charge in [0, 0.05) is 11.3 Å². The fraction of sp³-hybridized carbons (Fsp3) is 0.176. The highest BCUT2D eigenvalue weighted by molar-refractivity contribution is 5.94. The van der Waals surface area contributed by atoms with Crippen LogP contribution in [0.15, 0.2) is 42.5 Å². The smallest absolute Gasteiger partial charge is 0.449 e. The quantitative estimate of drug-likeness (QED) is 0.753. The van der Waals surface area contributed by atoms with Crippen molar-refractivity contribution in [3.05, 3.63) is 53.9 Å². The normalized spacial score (nSPS) is 11.5. The topological polar surface area (TPSA) is 67.0 Å². The highest BCUT2D eigenvalue weighted by Gasteiger charge is 2.34. The van der Waals surface area contributed by atoms with Crippen LogP contribution in [0.25, 0.3) is 11.0 Å². The standard InChI is InChI=1S/C17H14F3N3O2/c1-25-14-5-3-2-4-10(14)8-15(24)21-11-6-7-12-13(9-11)23-16(22-12)17(18,19)20/h2-7,9H,8H2,1H3,(H,21,24)(H,22,23). The summed E-state index contributed by atoms with van der Waals surface area (Å²) in [6.45, 7) is 0. The van der Waals surface area contributed by atoms with E-state index in [-0.39, 0.29) is 23.4 Å². The maximum Gasteiger partial charge on any atom is 0.449 e. The number of anilines is 1. The predicted molar refractivity (Wildman–Crippen MR) is 86.4 cm³/mol. The predicted octanol–water partition coefficient (Wildman–Crippen LogP) is 3.77. The molecule has 0 saturated heterocycles. The number of para-hydroxylation sites is 1. The molecule has 0 aliphatic rings. The Morgan fingerprint density at radius 2 is 2.00 bits per heavy atom. The summed E-state index contributed by atoms with van der Waals surface area (Å²) >= 11 is 0. The summed E-state index contributed by atoms with van der Waals surface area (Å²) < 4.78 is 43.2. The summed E-state index contributed by atoms with van der Waals surface area (Å²) in [6, 6.07) is 11.4. The third kappa shape index (κ3) is 3.73. The molecule has 0 spiro atoms. The highest BCUT2D eigenvalue weighted by atomic mass is 19.4. The van der Waals surface area contributed by atoms with Gasteiger partial charge in [0.05, 0.1) is 24.6 Å². The van der Waals surface area contributed by atoms with E-state index in [0.717, 1.165) is 0 Å². The van der Waals surface area contributed by atoms with Crippen LogP contribution in [0.5, 0.6) is 5.75 Å². The van der Waals surface area contributed by atoms with E-state index in [0.29, 0.717) is 17.0 Å². The molecule has 0 saturated carbocycles. The molecule has 1 aromatic heterocycles. The molecule has 3 aromatic rings. The lowest BCUT2D eigenvalue weighted by molar-refractivity contribution is -0.144. The van der Waals surface area contributed by atoms with Gasteiger partial charge >= 0.3 is 6.18 Å². The lowest BCUT2D eigenvalue weighted by Gasteiger charge is -2.09. The first-order chi connectivity index (χ1) is 11.9. The Morgan fingerprint density at radius 3 is 2.72 bits per heavy atom. The number of hydrogen-bond acceptors (Lipinski definition) is 3. The Hall–Kier alpha value is -3.03. The lowest BCUT2D eigenvalue weighted by atomic mass is 10.1. The number of fused-ring (bicyclic) bond motifs is 1. The monoisotopic (exact) mass is 349 g/mol. The fourth-order valence-electron chi connectivity index (χ4n) is 2.45. The van der Waals surface area contributed by atoms with Crippen molar-refractivity contribution in [1.82, 2.24) is 9.97 Å². The molecule has 0 atom stereocenters. The van der Waals surface area contributed by atoms with Gasteiger partial charge in [0.2, 0.25) is 11.7 Å². The second kappa shape index (κ2) is 6.46. The maximum atomic E-state index is 12.7. The molecule has 0 aliphatic heterocycles. The zero-order chi connectivity index (χ0) is 18.0. The summed E-state index contributed by atoms with van der Waals surface area (Å²) in [5.41, 5.74) is 1.46. The Kier molecular flexibility index (Phi) is 4.35. The average Bonchev–Trinajstić information content (AvgIpc) is 2.99. The van der Waals surface area contributed by atoms with Crippen molar-refractivity contribution in [3.63, 3.8) is 0 Å². The maximum absolute atomic E-state index is 12.7. The van der Waals surface area contributed by atoms with Crippen LogP contribution < -0.4 is 10.1 Å². The van der Waals surface area contributed by atoms with E-state index in [1.165, 1.54) is 25.3 Å². The van der Waals surface area contributed by atoms with Crippen LogP contribution >= 0.6 is 0 Å². The first-order valence-electron chi connectivity index (χ1n) is 7.35. The molecule has 0 radical (unpaired) electrons. The van der Waals surface area contributed by atoms with Gasteiger partial charge in [-0.15, -0.1) is 0 Å². The van der Waals surface area contributed by atoms with Crippen LogP contribution in [-0.2, 0) is 17.4 Å². The Morgan fingerprint density at radius 1 is 1.24 bits per heavy atom. The number of methoxy groups -OCH3 is 1. The Balaban J connectivity index is 1.77. The third-order valence-electron chi connectivity index (χ3n) is 3.58. The molecule has 8 heteroatoms. The van der Waals surface area contributed by atoms with Crippen LogP contribution in [0, 0.1) is 0 Å². The van der Waals surface area contributed by atoms with Gasteiger partial charge in [-0.1, -0.05) is 18.2 Å². The summed E-state index contributed by atoms with van der Waals surface area (Å²) in [7, 11) is 1.52. The van der Waals surface area contributed by atoms with Gasteiger partial charge in [0.1, 0.15) is 5.75 Å². The van der Waals surface area contributed by atoms with Crippen molar-refractivity contribution in [1.29, 1.82) is 0 Å². The van der Waals surface area contributed by atoms with Crippen LogP contribution in [0.4, 0.5) is 18.9 Å². The number of carbonyl (C=O) groups excluding carboxylic acids is 1. The molecular weight excluding hydrogens is 335 g/mol. The number of aromatic amines is 1. The number of nitrogens with one attached hydrogen (secondary N) is 2. The van der Waals surface area contributed by atoms with E-state index in [1.807, 2.05) is 0 Å². The largest absolute Gasteiger partial charge is 0.496 e. The molecule has 0 fully saturated rings. The zero-order valence-electron chi connectivity index (χ0n) is 13.1. The van der Waals surface area contributed by atoms with Gasteiger partial charge in [-0.3, -0.25) is 4.79 Å². The SMILES string of the molecule is COc1ccccc1CC(=O)Nc1ccc2nc(C(F)(F)F)[nH]c2c1. The minimum atomic E-state index is -4.55. The molecule has 0 bridgehead atoms. The number of carbonyl (C=O) groups is 1. The van der Waals surface area contributed by atoms with Crippen LogP contribution in [0.3, 0.4) is 0 Å². The Labute approximate surface area is 140 Å². The number of halogens is 3. The van der Waals surface area contributed by atoms with E-state index in [4.69, 9.17) is 4.74 Å². The molecule has 1 amide bonds. The summed E-state index contributed by atoms with van der Waals surface area (Å²) in [6.07, 6.45) is -4.47. The summed E-state index contributed by atoms with van der Waals surface area (Å²) in [4.78, 5) is 17.9. The minimum Gasteiger partial charge on any atom is -0.496 e. The molecule has 1 heterocycles. The number of alkyl halides is 3. The number of ether oxygens (including phenoxy) is 1. The van der Waals surface area contributed by atoms with Crippen molar-refractivity contribution < 1.29 is 22.7 Å². The summed E-state index contributed by atoms with van der Waals surface area (Å²) in [5, 5.41) is 2.66. The number of aromatic nitrogens is 2. The minimum absolute atomic E-state index is 0.0822. The second-order valence-corrected chi connectivity index (χ2v) is 5.35. The molecular formula is C17H14F3N3O2. The van der Waals surface area contributed by atoms with E-state index >= 15 is 0 Å². The van der Waals surface area contributed by atoms with Crippen LogP contribution in [-0.4, -0.2) is 23.0 Å².